The molecular formula is C14H11Si. The van der Waals surface area contributed by atoms with E-state index < -0.39 is 0 Å². The molecule has 2 aromatic rings. The molecule has 0 aromatic heterocycles. The van der Waals surface area contributed by atoms with E-state index in [1.165, 1.54) is 27.8 Å². The Morgan fingerprint density at radius 1 is 0.933 bits per heavy atom. The summed E-state index contributed by atoms with van der Waals surface area (Å²) in [7, 11) is 3.84. The van der Waals surface area contributed by atoms with Crippen LogP contribution >= 0.6 is 0 Å². The van der Waals surface area contributed by atoms with Crippen LogP contribution < -0.4 is 0 Å². The molecule has 1 aliphatic rings. The van der Waals surface area contributed by atoms with Gasteiger partial charge in [-0.15, -0.1) is 0 Å². The zero-order chi connectivity index (χ0) is 10.4. The Labute approximate surface area is 93.4 Å². The Balaban J connectivity index is 2.37. The largest absolute Gasteiger partial charge is 0.0619 e. The predicted octanol–water partition coefficient (Wildman–Crippen LogP) is 3.23. The molecule has 0 fully saturated rings. The van der Waals surface area contributed by atoms with Crippen molar-refractivity contribution in [1.82, 2.24) is 0 Å². The van der Waals surface area contributed by atoms with Crippen LogP contribution in [0, 0.1) is 6.92 Å². The minimum Gasteiger partial charge on any atom is -0.0619 e. The van der Waals surface area contributed by atoms with Gasteiger partial charge in [0.1, 0.15) is 0 Å². The molecule has 0 amide bonds. The second-order valence-electron chi connectivity index (χ2n) is 4.06. The van der Waals surface area contributed by atoms with Crippen LogP contribution in [-0.2, 0) is 0 Å². The van der Waals surface area contributed by atoms with Crippen molar-refractivity contribution in [2.75, 3.05) is 0 Å². The number of rotatable bonds is 0. The van der Waals surface area contributed by atoms with Gasteiger partial charge in [-0.25, -0.2) is 0 Å². The van der Waals surface area contributed by atoms with Gasteiger partial charge in [-0.1, -0.05) is 42.5 Å². The van der Waals surface area contributed by atoms with E-state index in [9.17, 15) is 0 Å². The molecule has 3 radical (unpaired) electrons. The summed E-state index contributed by atoms with van der Waals surface area (Å²) in [5, 5.41) is 0. The van der Waals surface area contributed by atoms with Gasteiger partial charge in [0.05, 0.1) is 0 Å². The highest BCUT2D eigenvalue weighted by Gasteiger charge is 2.25. The van der Waals surface area contributed by atoms with Crippen molar-refractivity contribution in [2.45, 2.75) is 12.5 Å². The van der Waals surface area contributed by atoms with Gasteiger partial charge in [0.2, 0.25) is 0 Å². The van der Waals surface area contributed by atoms with Crippen molar-refractivity contribution in [2.24, 2.45) is 0 Å². The number of benzene rings is 2. The standard InChI is InChI=1S/C14H11Si/c1-9-5-4-8-11-10-6-2-3-7-12(10)14(15)13(9)11/h2-8,14H,1H3. The van der Waals surface area contributed by atoms with Gasteiger partial charge in [0.15, 0.2) is 0 Å². The summed E-state index contributed by atoms with van der Waals surface area (Å²) in [6, 6.07) is 15.1. The van der Waals surface area contributed by atoms with Crippen molar-refractivity contribution >= 4 is 10.2 Å². The topological polar surface area (TPSA) is 0 Å². The summed E-state index contributed by atoms with van der Waals surface area (Å²) in [6.45, 7) is 2.18. The molecule has 0 N–H and O–H groups in total. The van der Waals surface area contributed by atoms with Gasteiger partial charge in [-0.2, -0.15) is 0 Å². The van der Waals surface area contributed by atoms with Gasteiger partial charge in [-0.05, 0) is 40.3 Å². The number of fused-ring (bicyclic) bond motifs is 3. The fraction of sp³-hybridized carbons (Fsp3) is 0.143. The zero-order valence-electron chi connectivity index (χ0n) is 8.62. The first kappa shape index (κ1) is 8.92. The van der Waals surface area contributed by atoms with Crippen molar-refractivity contribution in [3.63, 3.8) is 0 Å². The molecule has 0 bridgehead atoms. The average molecular weight is 207 g/mol. The van der Waals surface area contributed by atoms with E-state index in [1.54, 1.807) is 0 Å². The van der Waals surface area contributed by atoms with E-state index in [0.717, 1.165) is 0 Å². The Morgan fingerprint density at radius 2 is 1.67 bits per heavy atom. The first-order valence-electron chi connectivity index (χ1n) is 5.19. The van der Waals surface area contributed by atoms with Gasteiger partial charge in [-0.3, -0.25) is 0 Å². The van der Waals surface area contributed by atoms with Crippen LogP contribution in [0.25, 0.3) is 11.1 Å². The highest BCUT2D eigenvalue weighted by molar-refractivity contribution is 6.17. The first-order valence-corrected chi connectivity index (χ1v) is 5.76. The summed E-state index contributed by atoms with van der Waals surface area (Å²) in [5.74, 6) is 0. The monoisotopic (exact) mass is 207 g/mol. The maximum absolute atomic E-state index is 3.84. The summed E-state index contributed by atoms with van der Waals surface area (Å²) in [4.78, 5) is 0. The maximum Gasteiger partial charge on any atom is 0.0397 e. The predicted molar refractivity (Wildman–Crippen MR) is 64.2 cm³/mol. The maximum atomic E-state index is 3.84. The summed E-state index contributed by atoms with van der Waals surface area (Å²) in [6.07, 6.45) is 0. The molecule has 0 spiro atoms. The molecule has 1 atom stereocenters. The van der Waals surface area contributed by atoms with E-state index in [0.29, 0.717) is 5.54 Å². The first-order chi connectivity index (χ1) is 7.29. The third-order valence-corrected chi connectivity index (χ3v) is 3.77. The summed E-state index contributed by atoms with van der Waals surface area (Å²) < 4.78 is 0. The van der Waals surface area contributed by atoms with E-state index in [4.69, 9.17) is 0 Å². The van der Waals surface area contributed by atoms with E-state index in [2.05, 4.69) is 59.6 Å². The lowest BCUT2D eigenvalue weighted by atomic mass is 10.0. The number of hydrogen-bond donors (Lipinski definition) is 0. The SMILES string of the molecule is Cc1cccc2c1C([Si])c1ccccc1-2. The second-order valence-corrected chi connectivity index (χ2v) is 4.63. The van der Waals surface area contributed by atoms with Crippen LogP contribution in [0.4, 0.5) is 0 Å². The minimum atomic E-state index is 0.359. The Bertz CT molecular complexity index is 529. The molecule has 0 nitrogen and oxygen atoms in total. The molecule has 3 rings (SSSR count). The normalized spacial score (nSPS) is 17.3. The molecule has 1 heteroatoms. The van der Waals surface area contributed by atoms with Crippen LogP contribution in [0.3, 0.4) is 0 Å². The highest BCUT2D eigenvalue weighted by atomic mass is 28.1. The summed E-state index contributed by atoms with van der Waals surface area (Å²) >= 11 is 0. The number of aryl methyl sites for hydroxylation is 1. The smallest absolute Gasteiger partial charge is 0.0397 e. The molecule has 0 heterocycles. The van der Waals surface area contributed by atoms with Crippen molar-refractivity contribution in [3.05, 3.63) is 59.2 Å². The molecule has 0 saturated carbocycles. The molecule has 71 valence electrons. The molecular weight excluding hydrogens is 196 g/mol. The van der Waals surface area contributed by atoms with Crippen LogP contribution in [0.15, 0.2) is 42.5 Å². The van der Waals surface area contributed by atoms with E-state index in [-0.39, 0.29) is 0 Å². The van der Waals surface area contributed by atoms with E-state index in [1.807, 2.05) is 0 Å². The molecule has 0 saturated heterocycles. The lowest BCUT2D eigenvalue weighted by molar-refractivity contribution is 1.16. The fourth-order valence-electron chi connectivity index (χ4n) is 2.45. The lowest BCUT2D eigenvalue weighted by Crippen LogP contribution is -1.96. The summed E-state index contributed by atoms with van der Waals surface area (Å²) in [5.41, 5.74) is 7.29. The molecule has 0 aliphatic heterocycles. The van der Waals surface area contributed by atoms with Crippen LogP contribution in [0.2, 0.25) is 0 Å². The molecule has 1 aliphatic carbocycles. The average Bonchev–Trinajstić information content (AvgIpc) is 2.55. The Hall–Kier alpha value is -1.34. The zero-order valence-corrected chi connectivity index (χ0v) is 9.62. The highest BCUT2D eigenvalue weighted by Crippen LogP contribution is 2.44. The third-order valence-electron chi connectivity index (χ3n) is 3.17. The van der Waals surface area contributed by atoms with Crippen LogP contribution in [-0.4, -0.2) is 10.2 Å². The Morgan fingerprint density at radius 3 is 2.53 bits per heavy atom. The van der Waals surface area contributed by atoms with Crippen molar-refractivity contribution < 1.29 is 0 Å². The van der Waals surface area contributed by atoms with Crippen LogP contribution in [0.1, 0.15) is 22.2 Å². The van der Waals surface area contributed by atoms with E-state index >= 15 is 0 Å². The second kappa shape index (κ2) is 3.07. The quantitative estimate of drug-likeness (QED) is 0.582. The fourth-order valence-corrected chi connectivity index (χ4v) is 3.08. The Kier molecular flexibility index (Phi) is 1.83. The van der Waals surface area contributed by atoms with Gasteiger partial charge in [0, 0.05) is 10.2 Å². The van der Waals surface area contributed by atoms with Gasteiger partial charge < -0.3 is 0 Å². The molecule has 15 heavy (non-hydrogen) atoms. The van der Waals surface area contributed by atoms with Gasteiger partial charge in [0.25, 0.3) is 0 Å². The van der Waals surface area contributed by atoms with Crippen molar-refractivity contribution in [3.8, 4) is 11.1 Å². The van der Waals surface area contributed by atoms with Crippen molar-refractivity contribution in [1.29, 1.82) is 0 Å². The number of hydrogen-bond acceptors (Lipinski definition) is 0. The van der Waals surface area contributed by atoms with Crippen LogP contribution in [0.5, 0.6) is 0 Å². The third kappa shape index (κ3) is 1.13. The lowest BCUT2D eigenvalue weighted by Gasteiger charge is -2.08. The van der Waals surface area contributed by atoms with Gasteiger partial charge >= 0.3 is 0 Å². The minimum absolute atomic E-state index is 0.359. The molecule has 1 unspecified atom stereocenters. The molecule has 2 aromatic carbocycles.